The maximum atomic E-state index is 13.1. The van der Waals surface area contributed by atoms with Crippen LogP contribution in [0, 0.1) is 0 Å². The third-order valence-corrected chi connectivity index (χ3v) is 18.2. The summed E-state index contributed by atoms with van der Waals surface area (Å²) in [5.41, 5.74) is 0. The molecule has 0 aromatic heterocycles. The quantitative estimate of drug-likeness (QED) is 0.0169. The van der Waals surface area contributed by atoms with Crippen molar-refractivity contribution in [1.29, 1.82) is 0 Å². The standard InChI is InChI=1S/C85H142O17P2/c1-5-9-13-17-21-25-29-33-36-38-39-41-44-47-50-54-58-62-66-70-83(88)95-75-80(101-84(89)71-67-63-59-55-51-45-32-28-24-20-16-12-8-4)77-99-103(91,92)97-73-79(86)74-98-104(93,94)100-78-81(102-85(90)72-68-64-60-56-52-48-42-35-31-27-23-19-15-11-7-3)76-96-82(87)69-65-61-57-53-49-46-43-40-37-34-30-26-22-18-14-10-6-2/h10-11,14-15,21-23,25-27,33-37,39,41-43,46,52,56,64,68,79-81,86H,5-9,12-13,16-20,24,28-32,38,40,44-45,47-51,53-55,57-63,65-67,69-78H2,1-4H3,(H,91,92)(H,93,94)/b14-10-,15-11-,25-21-,26-22-,27-23-,36-33-,37-34-,41-39-,42-35-,46-43-,56-52-,68-64-. The Morgan fingerprint density at radius 1 is 0.288 bits per heavy atom. The van der Waals surface area contributed by atoms with Crippen LogP contribution in [-0.4, -0.2) is 96.7 Å². The predicted octanol–water partition coefficient (Wildman–Crippen LogP) is 23.4. The Bertz CT molecular complexity index is 2540. The molecular weight excluding hydrogens is 1350 g/mol. The highest BCUT2D eigenvalue weighted by atomic mass is 31.2. The SMILES string of the molecule is CC/C=C\C/C=C\C/C=C\C/C=C\C/C=C\CC(=O)OC(COC(=O)CCCCCC/C=C\C/C=C\C/C=C\C/C=C\CC)COP(=O)(O)OCC(O)COP(=O)(O)OCC(COC(=O)CCCCCCCC/C=C\C/C=C\C/C=C\CCCCC)OC(=O)CCCCCCCCCCCCCCC. The third kappa shape index (κ3) is 75.2. The van der Waals surface area contributed by atoms with Gasteiger partial charge < -0.3 is 33.8 Å². The summed E-state index contributed by atoms with van der Waals surface area (Å²) in [5.74, 6) is -2.36. The molecule has 5 atom stereocenters. The van der Waals surface area contributed by atoms with Gasteiger partial charge in [0.25, 0.3) is 0 Å². The van der Waals surface area contributed by atoms with E-state index < -0.39 is 97.5 Å². The molecule has 0 aliphatic rings. The molecular formula is C85H142O17P2. The lowest BCUT2D eigenvalue weighted by atomic mass is 10.0. The van der Waals surface area contributed by atoms with Gasteiger partial charge in [-0.2, -0.15) is 0 Å². The summed E-state index contributed by atoms with van der Waals surface area (Å²) in [6.07, 6.45) is 87.1. The summed E-state index contributed by atoms with van der Waals surface area (Å²) in [6, 6.07) is 0. The number of aliphatic hydroxyl groups is 1. The summed E-state index contributed by atoms with van der Waals surface area (Å²) in [6.45, 7) is 4.47. The van der Waals surface area contributed by atoms with Crippen molar-refractivity contribution >= 4 is 39.5 Å². The second-order valence-corrected chi connectivity index (χ2v) is 29.2. The van der Waals surface area contributed by atoms with Crippen molar-refractivity contribution in [2.24, 2.45) is 0 Å². The van der Waals surface area contributed by atoms with Crippen LogP contribution in [-0.2, 0) is 65.4 Å². The second kappa shape index (κ2) is 76.1. The van der Waals surface area contributed by atoms with E-state index in [9.17, 15) is 43.2 Å². The number of hydrogen-bond acceptors (Lipinski definition) is 15. The van der Waals surface area contributed by atoms with Gasteiger partial charge in [0.15, 0.2) is 12.2 Å². The third-order valence-electron chi connectivity index (χ3n) is 16.3. The van der Waals surface area contributed by atoms with Gasteiger partial charge in [-0.05, 0) is 128 Å². The topological polar surface area (TPSA) is 237 Å². The number of hydrogen-bond donors (Lipinski definition) is 3. The van der Waals surface area contributed by atoms with E-state index in [0.717, 1.165) is 161 Å². The lowest BCUT2D eigenvalue weighted by molar-refractivity contribution is -0.161. The Balaban J connectivity index is 5.44. The largest absolute Gasteiger partial charge is 0.472 e. The molecule has 0 fully saturated rings. The zero-order chi connectivity index (χ0) is 76.0. The number of phosphoric acid groups is 2. The molecule has 0 bridgehead atoms. The lowest BCUT2D eigenvalue weighted by Crippen LogP contribution is -2.30. The highest BCUT2D eigenvalue weighted by Gasteiger charge is 2.30. The van der Waals surface area contributed by atoms with Crippen molar-refractivity contribution in [1.82, 2.24) is 0 Å². The van der Waals surface area contributed by atoms with E-state index >= 15 is 0 Å². The van der Waals surface area contributed by atoms with Crippen molar-refractivity contribution in [2.45, 2.75) is 329 Å². The zero-order valence-electron chi connectivity index (χ0n) is 64.9. The van der Waals surface area contributed by atoms with Crippen molar-refractivity contribution < 1.29 is 80.2 Å². The Labute approximate surface area is 630 Å². The number of aliphatic hydroxyl groups excluding tert-OH is 1. The first kappa shape index (κ1) is 98.9. The first-order valence-corrected chi connectivity index (χ1v) is 43.1. The number of carbonyl (C=O) groups excluding carboxylic acids is 4. The Hall–Kier alpha value is -5.06. The molecule has 17 nitrogen and oxygen atoms in total. The van der Waals surface area contributed by atoms with E-state index in [4.69, 9.17) is 37.0 Å². The predicted molar refractivity (Wildman–Crippen MR) is 427 cm³/mol. The zero-order valence-corrected chi connectivity index (χ0v) is 66.7. The van der Waals surface area contributed by atoms with Crippen LogP contribution in [0.25, 0.3) is 0 Å². The van der Waals surface area contributed by atoms with Crippen LogP contribution in [0.1, 0.15) is 310 Å². The minimum Gasteiger partial charge on any atom is -0.462 e. The smallest absolute Gasteiger partial charge is 0.462 e. The average molecular weight is 1500 g/mol. The summed E-state index contributed by atoms with van der Waals surface area (Å²) in [5, 5.41) is 10.6. The van der Waals surface area contributed by atoms with Gasteiger partial charge in [0, 0.05) is 19.3 Å². The molecule has 0 aliphatic carbocycles. The van der Waals surface area contributed by atoms with Crippen LogP contribution >= 0.6 is 15.6 Å². The highest BCUT2D eigenvalue weighted by Crippen LogP contribution is 2.45. The van der Waals surface area contributed by atoms with Crippen LogP contribution < -0.4 is 0 Å². The van der Waals surface area contributed by atoms with Gasteiger partial charge in [0.05, 0.1) is 32.8 Å². The Morgan fingerprint density at radius 2 is 0.538 bits per heavy atom. The number of carbonyl (C=O) groups is 4. The fourth-order valence-electron chi connectivity index (χ4n) is 10.3. The van der Waals surface area contributed by atoms with Crippen molar-refractivity contribution in [3.05, 3.63) is 146 Å². The molecule has 0 radical (unpaired) electrons. The minimum atomic E-state index is -5.01. The molecule has 594 valence electrons. The number of ether oxygens (including phenoxy) is 4. The van der Waals surface area contributed by atoms with Gasteiger partial charge in [0.2, 0.25) is 0 Å². The van der Waals surface area contributed by atoms with Crippen LogP contribution in [0.3, 0.4) is 0 Å². The van der Waals surface area contributed by atoms with Gasteiger partial charge >= 0.3 is 39.5 Å². The van der Waals surface area contributed by atoms with Gasteiger partial charge in [-0.3, -0.25) is 37.3 Å². The van der Waals surface area contributed by atoms with E-state index in [1.54, 1.807) is 12.2 Å². The van der Waals surface area contributed by atoms with E-state index in [1.165, 1.54) is 70.6 Å². The molecule has 19 heteroatoms. The number of phosphoric ester groups is 2. The minimum absolute atomic E-state index is 0.0888. The summed E-state index contributed by atoms with van der Waals surface area (Å²) < 4.78 is 68.4. The molecule has 0 spiro atoms. The number of esters is 4. The molecule has 0 heterocycles. The molecule has 5 unspecified atom stereocenters. The van der Waals surface area contributed by atoms with Gasteiger partial charge in [-0.1, -0.05) is 302 Å². The molecule has 3 N–H and O–H groups in total. The number of allylic oxidation sites excluding steroid dienone is 23. The average Bonchev–Trinajstić information content (AvgIpc) is 0.925. The number of rotatable bonds is 74. The molecule has 0 aliphatic heterocycles. The fraction of sp³-hybridized carbons (Fsp3) is 0.671. The van der Waals surface area contributed by atoms with Crippen molar-refractivity contribution in [2.75, 3.05) is 39.6 Å². The Morgan fingerprint density at radius 3 is 0.875 bits per heavy atom. The number of unbranched alkanes of at least 4 members (excludes halogenated alkanes) is 25. The monoisotopic (exact) mass is 1500 g/mol. The van der Waals surface area contributed by atoms with Crippen LogP contribution in [0.5, 0.6) is 0 Å². The molecule has 0 amide bonds. The summed E-state index contributed by atoms with van der Waals surface area (Å²) >= 11 is 0. The van der Waals surface area contributed by atoms with Crippen molar-refractivity contribution in [3.63, 3.8) is 0 Å². The van der Waals surface area contributed by atoms with Crippen LogP contribution in [0.4, 0.5) is 0 Å². The van der Waals surface area contributed by atoms with Gasteiger partial charge in [0.1, 0.15) is 19.3 Å². The lowest BCUT2D eigenvalue weighted by Gasteiger charge is -2.21. The van der Waals surface area contributed by atoms with Crippen LogP contribution in [0.15, 0.2) is 146 Å². The maximum absolute atomic E-state index is 13.1. The Kier molecular flexibility index (Phi) is 72.4. The second-order valence-electron chi connectivity index (χ2n) is 26.3. The molecule has 0 rings (SSSR count). The first-order chi connectivity index (χ1) is 50.7. The van der Waals surface area contributed by atoms with E-state index in [1.807, 2.05) is 12.2 Å². The van der Waals surface area contributed by atoms with Gasteiger partial charge in [-0.15, -0.1) is 0 Å². The van der Waals surface area contributed by atoms with Gasteiger partial charge in [-0.25, -0.2) is 9.13 Å². The molecule has 0 aromatic carbocycles. The highest BCUT2D eigenvalue weighted by molar-refractivity contribution is 7.47. The molecule has 0 aromatic rings. The summed E-state index contributed by atoms with van der Waals surface area (Å²) in [4.78, 5) is 73.0. The van der Waals surface area contributed by atoms with Crippen LogP contribution in [0.2, 0.25) is 0 Å². The van der Waals surface area contributed by atoms with E-state index in [-0.39, 0.29) is 25.7 Å². The molecule has 104 heavy (non-hydrogen) atoms. The first-order valence-electron chi connectivity index (χ1n) is 40.1. The summed E-state index contributed by atoms with van der Waals surface area (Å²) in [7, 11) is -10.0. The fourth-order valence-corrected chi connectivity index (χ4v) is 11.9. The maximum Gasteiger partial charge on any atom is 0.472 e. The normalized spacial score (nSPS) is 14.6. The van der Waals surface area contributed by atoms with Crippen molar-refractivity contribution in [3.8, 4) is 0 Å². The molecule has 0 saturated heterocycles. The van der Waals surface area contributed by atoms with E-state index in [0.29, 0.717) is 25.7 Å². The van der Waals surface area contributed by atoms with E-state index in [2.05, 4.69) is 149 Å². The molecule has 0 saturated carbocycles.